The second kappa shape index (κ2) is 25.3. The molecule has 9 heteroatoms. The average molecular weight is 645 g/mol. The van der Waals surface area contributed by atoms with Crippen molar-refractivity contribution in [1.82, 2.24) is 0 Å². The van der Waals surface area contributed by atoms with Crippen LogP contribution in [0.5, 0.6) is 0 Å². The van der Waals surface area contributed by atoms with Gasteiger partial charge in [0, 0.05) is 37.0 Å². The first-order chi connectivity index (χ1) is 20.1. The van der Waals surface area contributed by atoms with Crippen molar-refractivity contribution in [3.63, 3.8) is 0 Å². The van der Waals surface area contributed by atoms with Gasteiger partial charge < -0.3 is 9.63 Å². The van der Waals surface area contributed by atoms with E-state index in [1.165, 1.54) is 13.0 Å². The fourth-order valence-electron chi connectivity index (χ4n) is 3.71. The minimum absolute atomic E-state index is 0.143. The summed E-state index contributed by atoms with van der Waals surface area (Å²) in [6.07, 6.45) is 19.5. The van der Waals surface area contributed by atoms with Crippen molar-refractivity contribution in [2.75, 3.05) is 19.4 Å². The maximum atomic E-state index is 13.5. The van der Waals surface area contributed by atoms with Crippen LogP contribution < -0.4 is 0 Å². The lowest BCUT2D eigenvalue weighted by atomic mass is 9.93. The topological polar surface area (TPSA) is 76.0 Å². The normalized spacial score (nSPS) is 21.8. The van der Waals surface area contributed by atoms with E-state index < -0.39 is 7.37 Å². The third-order valence-corrected chi connectivity index (χ3v) is 6.40. The summed E-state index contributed by atoms with van der Waals surface area (Å²) in [6.45, 7) is 13.2. The zero-order valence-electron chi connectivity index (χ0n) is 26.5. The van der Waals surface area contributed by atoms with Crippen LogP contribution in [0.25, 0.3) is 0 Å². The Morgan fingerprint density at radius 2 is 1.83 bits per heavy atom. The van der Waals surface area contributed by atoms with Gasteiger partial charge in [-0.25, -0.2) is 4.39 Å². The lowest BCUT2D eigenvalue weighted by Crippen LogP contribution is -1.97. The Balaban J connectivity index is 0. The van der Waals surface area contributed by atoms with E-state index in [0.717, 1.165) is 28.7 Å². The number of hydrogen-bond acceptors (Lipinski definition) is 4. The van der Waals surface area contributed by atoms with Crippen LogP contribution in [-0.4, -0.2) is 24.3 Å². The van der Waals surface area contributed by atoms with Crippen molar-refractivity contribution in [1.29, 1.82) is 0 Å². The van der Waals surface area contributed by atoms with Gasteiger partial charge in [-0.1, -0.05) is 100 Å². The standard InChI is InChI=1S/C28H34ClFNO4P.2C2H6.CH3Cl/c1-4-21(15-23-11-8-14-27(19-25(29)18-23)35-20-36(3,33)34)16-24(28(5-2)31-32)17-22-9-6-12-26(30)13-7-10-22;3*1-2/h6,8-11,13,16,19H,4-5,7,12,15,17-18,20H2,1-3H3,(H,33,34);2*1-2H3;1H3/b9-6?,21-16+,22-10+,23-11-,25-19+,26-13+,28-24-;;;. The molecule has 0 heterocycles. The number of nitrogens with zero attached hydrogens (tertiary/aromatic N) is 1. The zero-order chi connectivity index (χ0) is 32.6. The van der Waals surface area contributed by atoms with Crippen LogP contribution in [-0.2, 0) is 9.30 Å². The number of halogens is 3. The monoisotopic (exact) mass is 643 g/mol. The van der Waals surface area contributed by atoms with E-state index in [4.69, 9.17) is 16.3 Å². The van der Waals surface area contributed by atoms with Crippen molar-refractivity contribution in [3.8, 4) is 0 Å². The van der Waals surface area contributed by atoms with Gasteiger partial charge >= 0.3 is 0 Å². The van der Waals surface area contributed by atoms with Crippen LogP contribution in [0.2, 0.25) is 0 Å². The van der Waals surface area contributed by atoms with Gasteiger partial charge in [-0.2, -0.15) is 0 Å². The second-order valence-corrected chi connectivity index (χ2v) is 11.6. The molecule has 2 aliphatic carbocycles. The molecular weight excluding hydrogens is 595 g/mol. The van der Waals surface area contributed by atoms with E-state index >= 15 is 0 Å². The Kier molecular flexibility index (Phi) is 25.3. The lowest BCUT2D eigenvalue weighted by molar-refractivity contribution is 0.265. The predicted molar refractivity (Wildman–Crippen MR) is 181 cm³/mol. The molecule has 1 unspecified atom stereocenters. The van der Waals surface area contributed by atoms with Crippen LogP contribution in [0.4, 0.5) is 4.39 Å². The molecule has 0 fully saturated rings. The number of allylic oxidation sites excluding steroid dienone is 14. The van der Waals surface area contributed by atoms with Gasteiger partial charge in [0.25, 0.3) is 0 Å². The smallest absolute Gasteiger partial charge is 0.233 e. The Bertz CT molecular complexity index is 1160. The summed E-state index contributed by atoms with van der Waals surface area (Å²) < 4.78 is 30.4. The fraction of sp³-hybridized carbons (Fsp3) is 0.485. The Morgan fingerprint density at radius 3 is 2.40 bits per heavy atom. The van der Waals surface area contributed by atoms with Gasteiger partial charge in [-0.3, -0.25) is 4.57 Å². The number of alkyl halides is 1. The number of hydrogen-bond donors (Lipinski definition) is 1. The van der Waals surface area contributed by atoms with Gasteiger partial charge in [0.2, 0.25) is 7.37 Å². The molecule has 0 aliphatic heterocycles. The molecule has 0 radical (unpaired) electrons. The van der Waals surface area contributed by atoms with E-state index in [1.807, 2.05) is 52.8 Å². The first-order valence-corrected chi connectivity index (χ1v) is 17.8. The molecular formula is C33H49Cl2FNO4P. The van der Waals surface area contributed by atoms with Crippen molar-refractivity contribution in [2.45, 2.75) is 86.5 Å². The van der Waals surface area contributed by atoms with Crippen molar-refractivity contribution in [2.24, 2.45) is 5.18 Å². The van der Waals surface area contributed by atoms with Gasteiger partial charge in [-0.05, 0) is 60.6 Å². The van der Waals surface area contributed by atoms with Crippen LogP contribution in [0.1, 0.15) is 86.5 Å². The molecule has 0 bridgehead atoms. The number of ether oxygens (including phenoxy) is 1. The van der Waals surface area contributed by atoms with E-state index in [0.29, 0.717) is 48.6 Å². The summed E-state index contributed by atoms with van der Waals surface area (Å²) in [7, 11) is -3.31. The summed E-state index contributed by atoms with van der Waals surface area (Å²) in [5.74, 6) is 0.165. The molecule has 0 amide bonds. The molecule has 236 valence electrons. The predicted octanol–water partition coefficient (Wildman–Crippen LogP) is 11.9. The van der Waals surface area contributed by atoms with Gasteiger partial charge in [0.05, 0.1) is 5.70 Å². The molecule has 1 N–H and O–H groups in total. The molecule has 0 aromatic heterocycles. The third-order valence-electron chi connectivity index (χ3n) is 5.55. The number of rotatable bonds is 11. The molecule has 0 saturated heterocycles. The SMILES string of the molecule is CC.CC.CC/C(=C\C(C/C1=C/C/C=C(/F)CC=C1)=C(/CC)N=O)C/C1=C/C=C=C(OCP(C)(=O)O)/C=C(/Cl)C1.CCl. The van der Waals surface area contributed by atoms with Gasteiger partial charge in [-0.15, -0.1) is 16.5 Å². The second-order valence-electron chi connectivity index (χ2n) is 8.79. The summed E-state index contributed by atoms with van der Waals surface area (Å²) in [5, 5.41) is 3.82. The molecule has 2 rings (SSSR count). The Hall–Kier alpha value is -2.20. The van der Waals surface area contributed by atoms with E-state index in [2.05, 4.69) is 35.5 Å². The molecule has 2 aliphatic rings. The Morgan fingerprint density at radius 1 is 1.17 bits per heavy atom. The molecule has 0 saturated carbocycles. The number of nitroso groups, excluding NO2 is 1. The van der Waals surface area contributed by atoms with Crippen LogP contribution in [0.15, 0.2) is 104 Å². The molecule has 0 aromatic rings. The summed E-state index contributed by atoms with van der Waals surface area (Å²) in [4.78, 5) is 21.0. The van der Waals surface area contributed by atoms with Crippen LogP contribution in [0.3, 0.4) is 0 Å². The van der Waals surface area contributed by atoms with Crippen LogP contribution in [0, 0.1) is 4.91 Å². The molecule has 0 spiro atoms. The highest BCUT2D eigenvalue weighted by molar-refractivity contribution is 7.56. The maximum absolute atomic E-state index is 13.5. The van der Waals surface area contributed by atoms with Crippen molar-refractivity contribution < 1.29 is 18.6 Å². The molecule has 5 nitrogen and oxygen atoms in total. The van der Waals surface area contributed by atoms with E-state index in [1.54, 1.807) is 24.3 Å². The van der Waals surface area contributed by atoms with Gasteiger partial charge in [0.15, 0.2) is 12.1 Å². The average Bonchev–Trinajstić information content (AvgIpc) is 2.96. The minimum atomic E-state index is -3.31. The molecule has 0 aromatic carbocycles. The quantitative estimate of drug-likeness (QED) is 0.0798. The van der Waals surface area contributed by atoms with Crippen molar-refractivity contribution in [3.05, 3.63) is 104 Å². The van der Waals surface area contributed by atoms with E-state index in [-0.39, 0.29) is 18.6 Å². The highest BCUT2D eigenvalue weighted by atomic mass is 35.5. The fourth-order valence-corrected chi connectivity index (χ4v) is 4.36. The van der Waals surface area contributed by atoms with Gasteiger partial charge in [0.1, 0.15) is 5.83 Å². The summed E-state index contributed by atoms with van der Waals surface area (Å²) in [6, 6.07) is 0. The molecule has 1 atom stereocenters. The summed E-state index contributed by atoms with van der Waals surface area (Å²) in [5.41, 5.74) is 7.52. The highest BCUT2D eigenvalue weighted by Crippen LogP contribution is 2.36. The first-order valence-electron chi connectivity index (χ1n) is 14.4. The van der Waals surface area contributed by atoms with E-state index in [9.17, 15) is 18.8 Å². The third kappa shape index (κ3) is 19.1. The molecule has 42 heavy (non-hydrogen) atoms. The lowest BCUT2D eigenvalue weighted by Gasteiger charge is -2.14. The Labute approximate surface area is 263 Å². The van der Waals surface area contributed by atoms with Crippen molar-refractivity contribution >= 4 is 30.6 Å². The first kappa shape index (κ1) is 41.9. The largest absolute Gasteiger partial charge is 0.476 e. The highest BCUT2D eigenvalue weighted by Gasteiger charge is 2.13. The zero-order valence-corrected chi connectivity index (χ0v) is 28.9. The minimum Gasteiger partial charge on any atom is -0.476 e. The maximum Gasteiger partial charge on any atom is 0.233 e. The summed E-state index contributed by atoms with van der Waals surface area (Å²) >= 11 is 11.1. The van der Waals surface area contributed by atoms with Crippen LogP contribution >= 0.6 is 30.6 Å².